The molecule has 21 heavy (non-hydrogen) atoms. The van der Waals surface area contributed by atoms with Gasteiger partial charge in [-0.3, -0.25) is 4.79 Å². The van der Waals surface area contributed by atoms with Crippen molar-refractivity contribution in [2.75, 3.05) is 4.31 Å². The molecule has 2 unspecified atom stereocenters. The highest BCUT2D eigenvalue weighted by Crippen LogP contribution is 2.53. The van der Waals surface area contributed by atoms with Crippen LogP contribution in [0.1, 0.15) is 6.42 Å². The average Bonchev–Trinajstić information content (AvgIpc) is 3.08. The Morgan fingerprint density at radius 3 is 2.67 bits per heavy atom. The molecule has 1 aliphatic heterocycles. The van der Waals surface area contributed by atoms with Crippen LogP contribution >= 0.6 is 11.6 Å². The van der Waals surface area contributed by atoms with Gasteiger partial charge in [0.15, 0.2) is 5.82 Å². The molecule has 0 N–H and O–H groups in total. The molecule has 0 radical (unpaired) electrons. The number of carbonyl (C=O) groups is 1. The van der Waals surface area contributed by atoms with Crippen LogP contribution in [0.15, 0.2) is 30.4 Å². The lowest BCUT2D eigenvalue weighted by Crippen LogP contribution is -2.34. The normalized spacial score (nSPS) is 35.5. The van der Waals surface area contributed by atoms with Gasteiger partial charge in [0.05, 0.1) is 21.9 Å². The van der Waals surface area contributed by atoms with Crippen molar-refractivity contribution in [3.8, 4) is 0 Å². The van der Waals surface area contributed by atoms with Crippen LogP contribution < -0.4 is 4.31 Å². The van der Waals surface area contributed by atoms with Gasteiger partial charge in [0.25, 0.3) is 0 Å². The van der Waals surface area contributed by atoms with E-state index in [4.69, 9.17) is 11.6 Å². The van der Waals surface area contributed by atoms with Crippen LogP contribution in [0.5, 0.6) is 0 Å². The first kappa shape index (κ1) is 13.3. The molecule has 1 amide bonds. The summed E-state index contributed by atoms with van der Waals surface area (Å²) in [6.45, 7) is 0. The number of nitrogens with zero attached hydrogens (tertiary/aromatic N) is 1. The summed E-state index contributed by atoms with van der Waals surface area (Å²) in [6, 6.07) is 4.02. The molecule has 2 bridgehead atoms. The number of sulfonamides is 1. The van der Waals surface area contributed by atoms with Crippen molar-refractivity contribution in [3.05, 3.63) is 41.2 Å². The smallest absolute Gasteiger partial charge is 0.246 e. The first-order chi connectivity index (χ1) is 9.93. The zero-order chi connectivity index (χ0) is 14.9. The predicted molar refractivity (Wildman–Crippen MR) is 75.8 cm³/mol. The molecule has 1 saturated heterocycles. The van der Waals surface area contributed by atoms with Gasteiger partial charge in [-0.25, -0.2) is 17.1 Å². The zero-order valence-electron chi connectivity index (χ0n) is 10.7. The molecule has 7 heteroatoms. The summed E-state index contributed by atoms with van der Waals surface area (Å²) in [5, 5.41) is -0.966. The maximum Gasteiger partial charge on any atom is 0.246 e. The van der Waals surface area contributed by atoms with E-state index >= 15 is 0 Å². The molecule has 3 aliphatic rings. The number of allylic oxidation sites excluding steroid dienone is 2. The van der Waals surface area contributed by atoms with E-state index in [0.29, 0.717) is 10.7 Å². The highest BCUT2D eigenvalue weighted by Gasteiger charge is 2.63. The Morgan fingerprint density at radius 2 is 1.95 bits per heavy atom. The molecule has 1 saturated carbocycles. The molecular formula is C14H11ClFNO3S. The molecule has 4 rings (SSSR count). The fourth-order valence-corrected chi connectivity index (χ4v) is 6.33. The maximum atomic E-state index is 14.2. The van der Waals surface area contributed by atoms with Gasteiger partial charge in [0.1, 0.15) is 0 Å². The van der Waals surface area contributed by atoms with Gasteiger partial charge in [-0.1, -0.05) is 29.8 Å². The number of hydrogen-bond donors (Lipinski definition) is 0. The fourth-order valence-electron chi connectivity index (χ4n) is 3.79. The van der Waals surface area contributed by atoms with E-state index in [1.165, 1.54) is 18.2 Å². The number of carbonyl (C=O) groups excluding carboxylic acids is 1. The minimum atomic E-state index is -3.90. The van der Waals surface area contributed by atoms with E-state index < -0.39 is 32.9 Å². The van der Waals surface area contributed by atoms with E-state index in [0.717, 1.165) is 0 Å². The van der Waals surface area contributed by atoms with E-state index in [-0.39, 0.29) is 22.5 Å². The third kappa shape index (κ3) is 1.54. The van der Waals surface area contributed by atoms with Crippen molar-refractivity contribution in [2.24, 2.45) is 17.8 Å². The largest absolute Gasteiger partial charge is 0.273 e. The topological polar surface area (TPSA) is 54.5 Å². The highest BCUT2D eigenvalue weighted by atomic mass is 35.5. The Hall–Kier alpha value is -1.40. The molecule has 0 spiro atoms. The second-order valence-corrected chi connectivity index (χ2v) is 8.01. The number of halogens is 2. The molecule has 2 fully saturated rings. The number of benzene rings is 1. The molecule has 1 aromatic rings. The molecule has 4 nitrogen and oxygen atoms in total. The van der Waals surface area contributed by atoms with Crippen LogP contribution in [0, 0.1) is 23.6 Å². The van der Waals surface area contributed by atoms with Crippen molar-refractivity contribution in [1.82, 2.24) is 0 Å². The summed E-state index contributed by atoms with van der Waals surface area (Å²) in [7, 11) is -3.90. The monoisotopic (exact) mass is 327 g/mol. The lowest BCUT2D eigenvalue weighted by Gasteiger charge is -2.19. The second-order valence-electron chi connectivity index (χ2n) is 5.66. The number of rotatable bonds is 1. The fraction of sp³-hybridized carbons (Fsp3) is 0.357. The van der Waals surface area contributed by atoms with E-state index in [1.54, 1.807) is 0 Å². The second kappa shape index (κ2) is 4.08. The zero-order valence-corrected chi connectivity index (χ0v) is 12.3. The Morgan fingerprint density at radius 1 is 1.24 bits per heavy atom. The number of amides is 1. The predicted octanol–water partition coefficient (Wildman–Crippen LogP) is 2.35. The lowest BCUT2D eigenvalue weighted by molar-refractivity contribution is -0.120. The van der Waals surface area contributed by atoms with Gasteiger partial charge in [0.2, 0.25) is 15.9 Å². The summed E-state index contributed by atoms with van der Waals surface area (Å²) in [4.78, 5) is 12.6. The number of anilines is 1. The van der Waals surface area contributed by atoms with Crippen LogP contribution in [-0.4, -0.2) is 19.6 Å². The Bertz CT molecular complexity index is 791. The van der Waals surface area contributed by atoms with Gasteiger partial charge in [-0.15, -0.1) is 0 Å². The number of hydrogen-bond acceptors (Lipinski definition) is 3. The van der Waals surface area contributed by atoms with Crippen LogP contribution in [-0.2, 0) is 14.8 Å². The lowest BCUT2D eigenvalue weighted by atomic mass is 9.92. The Balaban J connectivity index is 1.89. The van der Waals surface area contributed by atoms with Crippen LogP contribution in [0.4, 0.5) is 10.1 Å². The van der Waals surface area contributed by atoms with Crippen LogP contribution in [0.3, 0.4) is 0 Å². The molecule has 1 heterocycles. The summed E-state index contributed by atoms with van der Waals surface area (Å²) in [5.74, 6) is -2.23. The van der Waals surface area contributed by atoms with E-state index in [2.05, 4.69) is 0 Å². The SMILES string of the molecule is O=C1[C@H]2C3C=CC(C3)[C@H]2S(=O)(=O)N1c1cccc(Cl)c1F. The molecular weight excluding hydrogens is 317 g/mol. The molecule has 2 aliphatic carbocycles. The van der Waals surface area contributed by atoms with Crippen molar-refractivity contribution in [1.29, 1.82) is 0 Å². The minimum Gasteiger partial charge on any atom is -0.273 e. The summed E-state index contributed by atoms with van der Waals surface area (Å²) < 4.78 is 40.2. The maximum absolute atomic E-state index is 14.2. The molecule has 110 valence electrons. The van der Waals surface area contributed by atoms with Crippen molar-refractivity contribution >= 4 is 33.2 Å². The van der Waals surface area contributed by atoms with Gasteiger partial charge in [-0.05, 0) is 30.4 Å². The minimum absolute atomic E-state index is 0.0606. The number of fused-ring (bicyclic) bond motifs is 5. The third-order valence-corrected chi connectivity index (χ3v) is 7.13. The Labute approximate surface area is 126 Å². The van der Waals surface area contributed by atoms with Gasteiger partial charge in [0, 0.05) is 0 Å². The quantitative estimate of drug-likeness (QED) is 0.744. The standard InChI is InChI=1S/C14H11ClFNO3S/c15-9-2-1-3-10(12(9)16)17-14(18)11-7-4-5-8(6-7)13(11)21(17,19)20/h1-5,7-8,11,13H,6H2/t7?,8?,11-,13+/m0/s1. The van der Waals surface area contributed by atoms with Crippen molar-refractivity contribution in [3.63, 3.8) is 0 Å². The average molecular weight is 328 g/mol. The molecule has 1 aromatic carbocycles. The molecule has 4 atom stereocenters. The molecule has 0 aromatic heterocycles. The summed E-state index contributed by atoms with van der Waals surface area (Å²) >= 11 is 5.70. The summed E-state index contributed by atoms with van der Waals surface area (Å²) in [6.07, 6.45) is 4.44. The van der Waals surface area contributed by atoms with Gasteiger partial charge in [-0.2, -0.15) is 0 Å². The summed E-state index contributed by atoms with van der Waals surface area (Å²) in [5.41, 5.74) is -0.277. The van der Waals surface area contributed by atoms with Crippen molar-refractivity contribution in [2.45, 2.75) is 11.7 Å². The van der Waals surface area contributed by atoms with Crippen molar-refractivity contribution < 1.29 is 17.6 Å². The van der Waals surface area contributed by atoms with Gasteiger partial charge >= 0.3 is 0 Å². The third-order valence-electron chi connectivity index (χ3n) is 4.62. The first-order valence-corrected chi connectivity index (χ1v) is 8.51. The Kier molecular flexibility index (Phi) is 2.58. The van der Waals surface area contributed by atoms with Crippen LogP contribution in [0.25, 0.3) is 0 Å². The van der Waals surface area contributed by atoms with Gasteiger partial charge < -0.3 is 0 Å². The van der Waals surface area contributed by atoms with Crippen LogP contribution in [0.2, 0.25) is 5.02 Å². The van der Waals surface area contributed by atoms with E-state index in [9.17, 15) is 17.6 Å². The first-order valence-electron chi connectivity index (χ1n) is 6.63. The highest BCUT2D eigenvalue weighted by molar-refractivity contribution is 7.94. The van der Waals surface area contributed by atoms with E-state index in [1.807, 2.05) is 12.2 Å².